The highest BCUT2D eigenvalue weighted by atomic mass is 16.3. The van der Waals surface area contributed by atoms with E-state index in [2.05, 4.69) is 5.32 Å². The summed E-state index contributed by atoms with van der Waals surface area (Å²) in [6.45, 7) is 0.211. The Morgan fingerprint density at radius 1 is 1.27 bits per heavy atom. The maximum atomic E-state index is 12.3. The Labute approximate surface area is 127 Å². The lowest BCUT2D eigenvalue weighted by atomic mass is 9.93. The van der Waals surface area contributed by atoms with E-state index in [0.29, 0.717) is 13.0 Å². The first-order chi connectivity index (χ1) is 10.5. The van der Waals surface area contributed by atoms with E-state index in [0.717, 1.165) is 10.5 Å². The number of carbonyl (C=O) groups excluding carboxylic acids is 3. The van der Waals surface area contributed by atoms with Crippen LogP contribution in [0.1, 0.15) is 12.0 Å². The molecule has 2 aliphatic heterocycles. The number of benzene rings is 1. The second-order valence-electron chi connectivity index (χ2n) is 5.60. The number of aliphatic hydroxyl groups is 1. The molecule has 1 aromatic rings. The second-order valence-corrected chi connectivity index (χ2v) is 5.60. The van der Waals surface area contributed by atoms with E-state index in [1.165, 1.54) is 4.90 Å². The first-order valence-electron chi connectivity index (χ1n) is 7.13. The van der Waals surface area contributed by atoms with Gasteiger partial charge in [0.15, 0.2) is 0 Å². The highest BCUT2D eigenvalue weighted by Crippen LogP contribution is 2.31. The van der Waals surface area contributed by atoms with Gasteiger partial charge in [-0.1, -0.05) is 30.3 Å². The van der Waals surface area contributed by atoms with E-state index in [9.17, 15) is 19.5 Å². The molecule has 0 aromatic heterocycles. The van der Waals surface area contributed by atoms with Crippen molar-refractivity contribution in [3.05, 3.63) is 35.9 Å². The van der Waals surface area contributed by atoms with E-state index >= 15 is 0 Å². The van der Waals surface area contributed by atoms with Gasteiger partial charge in [0.2, 0.25) is 5.91 Å². The molecule has 2 heterocycles. The van der Waals surface area contributed by atoms with Crippen molar-refractivity contribution in [3.8, 4) is 0 Å². The topological polar surface area (TPSA) is 90.0 Å². The molecule has 4 amide bonds. The lowest BCUT2D eigenvalue weighted by Crippen LogP contribution is -2.43. The Hall–Kier alpha value is -2.41. The molecule has 7 heteroatoms. The van der Waals surface area contributed by atoms with E-state index in [1.807, 2.05) is 30.3 Å². The van der Waals surface area contributed by atoms with Gasteiger partial charge < -0.3 is 15.3 Å². The Balaban J connectivity index is 1.66. The second kappa shape index (κ2) is 5.42. The summed E-state index contributed by atoms with van der Waals surface area (Å²) in [5.74, 6) is -0.742. The molecule has 0 spiro atoms. The van der Waals surface area contributed by atoms with Crippen LogP contribution in [0.2, 0.25) is 0 Å². The Bertz CT molecular complexity index is 602. The predicted molar refractivity (Wildman–Crippen MR) is 76.6 cm³/mol. The largest absolute Gasteiger partial charge is 0.383 e. The Morgan fingerprint density at radius 3 is 2.64 bits per heavy atom. The fourth-order valence-electron chi connectivity index (χ4n) is 2.84. The average molecular weight is 303 g/mol. The summed E-state index contributed by atoms with van der Waals surface area (Å²) >= 11 is 0. The lowest BCUT2D eigenvalue weighted by molar-refractivity contribution is -0.136. The lowest BCUT2D eigenvalue weighted by Gasteiger charge is -2.24. The number of amides is 4. The maximum Gasteiger partial charge on any atom is 0.325 e. The van der Waals surface area contributed by atoms with Gasteiger partial charge in [0.25, 0.3) is 5.91 Å². The van der Waals surface area contributed by atoms with Crippen molar-refractivity contribution in [1.29, 1.82) is 0 Å². The molecular weight excluding hydrogens is 286 g/mol. The summed E-state index contributed by atoms with van der Waals surface area (Å²) in [7, 11) is 0. The number of β-amino-alcohol motifs (C(OH)–C–C–N with tert-alkyl or cyclic N) is 1. The first-order valence-corrected chi connectivity index (χ1v) is 7.13. The molecule has 22 heavy (non-hydrogen) atoms. The molecule has 1 aromatic carbocycles. The van der Waals surface area contributed by atoms with E-state index in [4.69, 9.17) is 0 Å². The van der Waals surface area contributed by atoms with Gasteiger partial charge in [-0.2, -0.15) is 0 Å². The number of urea groups is 1. The van der Waals surface area contributed by atoms with Gasteiger partial charge in [0.1, 0.15) is 12.1 Å². The van der Waals surface area contributed by atoms with Gasteiger partial charge in [-0.3, -0.25) is 14.5 Å². The number of nitrogens with zero attached hydrogens (tertiary/aromatic N) is 2. The van der Waals surface area contributed by atoms with Crippen LogP contribution in [0, 0.1) is 0 Å². The highest BCUT2D eigenvalue weighted by Gasteiger charge is 2.41. The number of nitrogens with one attached hydrogen (secondary N) is 1. The minimum Gasteiger partial charge on any atom is -0.383 e. The molecule has 2 saturated heterocycles. The fourth-order valence-corrected chi connectivity index (χ4v) is 2.84. The normalized spacial score (nSPS) is 24.8. The first kappa shape index (κ1) is 14.5. The molecule has 0 bridgehead atoms. The van der Waals surface area contributed by atoms with Crippen LogP contribution < -0.4 is 5.32 Å². The van der Waals surface area contributed by atoms with Gasteiger partial charge in [-0.05, 0) is 12.0 Å². The Morgan fingerprint density at radius 2 is 2.00 bits per heavy atom. The third kappa shape index (κ3) is 2.55. The van der Waals surface area contributed by atoms with Crippen molar-refractivity contribution < 1.29 is 19.5 Å². The third-order valence-corrected chi connectivity index (χ3v) is 4.14. The standard InChI is InChI=1S/C15H17N3O4/c19-12-8-16-14(21)18(12)9-13(20)17-7-6-15(22,10-17)11-4-2-1-3-5-11/h1-5,22H,6-10H2,(H,16,21). The molecule has 3 rings (SSSR count). The number of hydrogen-bond donors (Lipinski definition) is 2. The molecule has 0 radical (unpaired) electrons. The Kier molecular flexibility index (Phi) is 3.58. The van der Waals surface area contributed by atoms with Crippen molar-refractivity contribution in [2.75, 3.05) is 26.2 Å². The molecule has 116 valence electrons. The smallest absolute Gasteiger partial charge is 0.325 e. The zero-order valence-electron chi connectivity index (χ0n) is 12.0. The van der Waals surface area contributed by atoms with Crippen molar-refractivity contribution in [2.45, 2.75) is 12.0 Å². The van der Waals surface area contributed by atoms with E-state index < -0.39 is 17.5 Å². The predicted octanol–water partition coefficient (Wildman–Crippen LogP) is -0.342. The maximum absolute atomic E-state index is 12.3. The molecule has 2 aliphatic rings. The molecule has 2 N–H and O–H groups in total. The summed E-state index contributed by atoms with van der Waals surface area (Å²) in [5, 5.41) is 13.1. The van der Waals surface area contributed by atoms with Gasteiger partial charge in [0, 0.05) is 6.54 Å². The zero-order valence-corrected chi connectivity index (χ0v) is 12.0. The SMILES string of the molecule is O=C(CN1C(=O)CNC1=O)N1CCC(O)(c2ccccc2)C1. The quantitative estimate of drug-likeness (QED) is 0.748. The van der Waals surface area contributed by atoms with Crippen LogP contribution in [-0.4, -0.2) is 58.9 Å². The number of likely N-dealkylation sites (tertiary alicyclic amines) is 1. The third-order valence-electron chi connectivity index (χ3n) is 4.14. The summed E-state index contributed by atoms with van der Waals surface area (Å²) in [6, 6.07) is 8.64. The number of carbonyl (C=O) groups is 3. The zero-order chi connectivity index (χ0) is 15.7. The molecule has 2 fully saturated rings. The van der Waals surface area contributed by atoms with Gasteiger partial charge in [0.05, 0.1) is 13.1 Å². The average Bonchev–Trinajstić information content (AvgIpc) is 3.07. The van der Waals surface area contributed by atoms with Crippen molar-refractivity contribution in [2.24, 2.45) is 0 Å². The van der Waals surface area contributed by atoms with Crippen molar-refractivity contribution in [3.63, 3.8) is 0 Å². The number of hydrogen-bond acceptors (Lipinski definition) is 4. The van der Waals surface area contributed by atoms with Crippen LogP contribution in [0.3, 0.4) is 0 Å². The molecular formula is C15H17N3O4. The summed E-state index contributed by atoms with van der Waals surface area (Å²) in [5.41, 5.74) is -0.311. The number of rotatable bonds is 3. The summed E-state index contributed by atoms with van der Waals surface area (Å²) < 4.78 is 0. The molecule has 1 atom stereocenters. The summed E-state index contributed by atoms with van der Waals surface area (Å²) in [4.78, 5) is 37.6. The van der Waals surface area contributed by atoms with Gasteiger partial charge in [-0.25, -0.2) is 4.79 Å². The molecule has 0 saturated carbocycles. The molecule has 7 nitrogen and oxygen atoms in total. The van der Waals surface area contributed by atoms with Crippen LogP contribution in [0.4, 0.5) is 4.79 Å². The van der Waals surface area contributed by atoms with E-state index in [1.54, 1.807) is 0 Å². The van der Waals surface area contributed by atoms with Crippen LogP contribution in [-0.2, 0) is 15.2 Å². The van der Waals surface area contributed by atoms with Crippen molar-refractivity contribution in [1.82, 2.24) is 15.1 Å². The van der Waals surface area contributed by atoms with Crippen molar-refractivity contribution >= 4 is 17.8 Å². The molecule has 0 aliphatic carbocycles. The highest BCUT2D eigenvalue weighted by molar-refractivity contribution is 6.04. The minimum atomic E-state index is -1.08. The van der Waals surface area contributed by atoms with Gasteiger partial charge in [-0.15, -0.1) is 0 Å². The van der Waals surface area contributed by atoms with Gasteiger partial charge >= 0.3 is 6.03 Å². The minimum absolute atomic E-state index is 0.0694. The van der Waals surface area contributed by atoms with Crippen LogP contribution in [0.15, 0.2) is 30.3 Å². The van der Waals surface area contributed by atoms with Crippen LogP contribution >= 0.6 is 0 Å². The summed E-state index contributed by atoms with van der Waals surface area (Å²) in [6.07, 6.45) is 0.433. The monoisotopic (exact) mass is 303 g/mol. The van der Waals surface area contributed by atoms with Crippen LogP contribution in [0.5, 0.6) is 0 Å². The fraction of sp³-hybridized carbons (Fsp3) is 0.400. The molecule has 1 unspecified atom stereocenters. The number of imide groups is 1. The van der Waals surface area contributed by atoms with E-state index in [-0.39, 0.29) is 25.5 Å². The van der Waals surface area contributed by atoms with Crippen LogP contribution in [0.25, 0.3) is 0 Å².